The van der Waals surface area contributed by atoms with E-state index in [0.717, 1.165) is 27.2 Å². The summed E-state index contributed by atoms with van der Waals surface area (Å²) in [4.78, 5) is 0. The van der Waals surface area contributed by atoms with Crippen LogP contribution in [0.4, 0.5) is 5.69 Å². The summed E-state index contributed by atoms with van der Waals surface area (Å²) in [5, 5.41) is 19.8. The average molecular weight is 466 g/mol. The minimum Gasteiger partial charge on any atom is -0.506 e. The molecule has 0 aliphatic carbocycles. The highest BCUT2D eigenvalue weighted by Crippen LogP contribution is 2.33. The van der Waals surface area contributed by atoms with Crippen LogP contribution in [0.15, 0.2) is 54.5 Å². The van der Waals surface area contributed by atoms with E-state index < -0.39 is 26.1 Å². The molecule has 1 atom stereocenters. The van der Waals surface area contributed by atoms with Crippen LogP contribution in [0.3, 0.4) is 0 Å². The SMILES string of the molecule is CS(=O)(=O)N1Cc2ccccc2C[C@H]1CCc1ccc(N2C=C(O)NS2(=O)=O)c(O)c1. The quantitative estimate of drug-likeness (QED) is 0.617. The number of hydrogen-bond acceptors (Lipinski definition) is 6. The first kappa shape index (κ1) is 21.5. The van der Waals surface area contributed by atoms with Gasteiger partial charge in [0.15, 0.2) is 0 Å². The number of benzene rings is 2. The summed E-state index contributed by atoms with van der Waals surface area (Å²) in [6.45, 7) is 0.333. The molecule has 0 saturated carbocycles. The van der Waals surface area contributed by atoms with Gasteiger partial charge >= 0.3 is 10.2 Å². The number of rotatable bonds is 5. The maximum absolute atomic E-state index is 12.3. The molecule has 0 fully saturated rings. The number of phenols is 1. The van der Waals surface area contributed by atoms with Crippen LogP contribution in [0.2, 0.25) is 0 Å². The fraction of sp³-hybridized carbons (Fsp3) is 0.300. The van der Waals surface area contributed by atoms with Gasteiger partial charge in [0.2, 0.25) is 15.9 Å². The van der Waals surface area contributed by atoms with Crippen LogP contribution in [0, 0.1) is 0 Å². The molecule has 0 radical (unpaired) electrons. The van der Waals surface area contributed by atoms with E-state index in [9.17, 15) is 27.0 Å². The Bertz CT molecular complexity index is 1260. The molecule has 0 spiro atoms. The van der Waals surface area contributed by atoms with Crippen LogP contribution in [0.25, 0.3) is 0 Å². The molecule has 166 valence electrons. The lowest BCUT2D eigenvalue weighted by atomic mass is 9.92. The second-order valence-electron chi connectivity index (χ2n) is 7.71. The van der Waals surface area contributed by atoms with Gasteiger partial charge in [-0.25, -0.2) is 17.4 Å². The van der Waals surface area contributed by atoms with Crippen LogP contribution in [-0.2, 0) is 39.6 Å². The lowest BCUT2D eigenvalue weighted by Crippen LogP contribution is -2.43. The first-order valence-electron chi connectivity index (χ1n) is 9.63. The van der Waals surface area contributed by atoms with E-state index in [0.29, 0.717) is 25.8 Å². The molecule has 0 amide bonds. The highest BCUT2D eigenvalue weighted by Gasteiger charge is 2.32. The summed E-state index contributed by atoms with van der Waals surface area (Å²) in [5.74, 6) is -0.801. The molecular formula is C20H23N3O6S2. The summed E-state index contributed by atoms with van der Waals surface area (Å²) < 4.78 is 52.9. The fourth-order valence-corrected chi connectivity index (χ4v) is 6.19. The number of anilines is 1. The summed E-state index contributed by atoms with van der Waals surface area (Å²) in [6.07, 6.45) is 3.83. The first-order valence-corrected chi connectivity index (χ1v) is 12.9. The van der Waals surface area contributed by atoms with Crippen molar-refractivity contribution in [3.8, 4) is 5.75 Å². The molecule has 2 aliphatic heterocycles. The number of aryl methyl sites for hydroxylation is 1. The van der Waals surface area contributed by atoms with Crippen molar-refractivity contribution in [1.82, 2.24) is 9.03 Å². The molecule has 2 aliphatic rings. The second kappa shape index (κ2) is 7.74. The van der Waals surface area contributed by atoms with Gasteiger partial charge in [-0.3, -0.25) is 0 Å². The Morgan fingerprint density at radius 3 is 2.45 bits per heavy atom. The third kappa shape index (κ3) is 4.34. The highest BCUT2D eigenvalue weighted by molar-refractivity contribution is 7.91. The van der Waals surface area contributed by atoms with E-state index in [1.807, 2.05) is 29.0 Å². The number of aromatic hydroxyl groups is 1. The van der Waals surface area contributed by atoms with Crippen LogP contribution in [0.1, 0.15) is 23.1 Å². The Labute approximate surface area is 181 Å². The minimum absolute atomic E-state index is 0.00431. The number of nitrogens with one attached hydrogen (secondary N) is 1. The third-order valence-corrected chi connectivity index (χ3v) is 8.08. The van der Waals surface area contributed by atoms with Crippen molar-refractivity contribution < 1.29 is 27.0 Å². The third-order valence-electron chi connectivity index (χ3n) is 5.51. The Balaban J connectivity index is 1.53. The normalized spacial score (nSPS) is 20.7. The second-order valence-corrected chi connectivity index (χ2v) is 11.2. The number of aliphatic hydroxyl groups excluding tert-OH is 1. The molecule has 2 aromatic rings. The van der Waals surface area contributed by atoms with E-state index in [1.54, 1.807) is 6.07 Å². The van der Waals surface area contributed by atoms with Gasteiger partial charge in [0.25, 0.3) is 0 Å². The van der Waals surface area contributed by atoms with E-state index >= 15 is 0 Å². The zero-order valence-corrected chi connectivity index (χ0v) is 18.4. The minimum atomic E-state index is -4.00. The summed E-state index contributed by atoms with van der Waals surface area (Å²) >= 11 is 0. The van der Waals surface area contributed by atoms with Crippen LogP contribution in [-0.4, -0.2) is 43.7 Å². The van der Waals surface area contributed by atoms with Crippen molar-refractivity contribution in [1.29, 1.82) is 0 Å². The molecule has 0 aromatic heterocycles. The first-order chi connectivity index (χ1) is 14.5. The molecule has 11 heteroatoms. The fourth-order valence-electron chi connectivity index (χ4n) is 4.03. The van der Waals surface area contributed by atoms with Gasteiger partial charge in [-0.1, -0.05) is 30.3 Å². The van der Waals surface area contributed by atoms with Gasteiger partial charge in [0, 0.05) is 12.6 Å². The maximum atomic E-state index is 12.3. The van der Waals surface area contributed by atoms with Gasteiger partial charge < -0.3 is 10.2 Å². The molecule has 4 rings (SSSR count). The maximum Gasteiger partial charge on any atom is 0.330 e. The van der Waals surface area contributed by atoms with Crippen molar-refractivity contribution in [2.45, 2.75) is 31.8 Å². The number of phenolic OH excluding ortho intramolecular Hbond substituents is 1. The smallest absolute Gasteiger partial charge is 0.330 e. The molecule has 0 unspecified atom stereocenters. The topological polar surface area (TPSA) is 127 Å². The van der Waals surface area contributed by atoms with E-state index in [-0.39, 0.29) is 17.5 Å². The zero-order valence-electron chi connectivity index (χ0n) is 16.8. The Hall–Kier alpha value is -2.76. The number of fused-ring (bicyclic) bond motifs is 1. The van der Waals surface area contributed by atoms with Gasteiger partial charge in [-0.05, 0) is 48.1 Å². The molecule has 3 N–H and O–H groups in total. The monoisotopic (exact) mass is 465 g/mol. The van der Waals surface area contributed by atoms with E-state index in [4.69, 9.17) is 0 Å². The van der Waals surface area contributed by atoms with Crippen molar-refractivity contribution in [3.05, 3.63) is 71.2 Å². The summed E-state index contributed by atoms with van der Waals surface area (Å²) in [6, 6.07) is 12.2. The standard InChI is InChI=1S/C20H23N3O6S2/c1-30(26,27)22-12-16-5-3-2-4-15(16)11-17(22)8-6-14-7-9-18(19(24)10-14)23-13-20(25)21-31(23,28)29/h2-5,7,9-10,13,17,21,24-25H,6,8,11-12H2,1H3/t17-/m1/s1. The molecule has 2 heterocycles. The molecule has 2 aromatic carbocycles. The van der Waals surface area contributed by atoms with Gasteiger partial charge in [0.05, 0.1) is 12.5 Å². The number of sulfonamides is 1. The lowest BCUT2D eigenvalue weighted by Gasteiger charge is -2.35. The number of nitrogens with zero attached hydrogens (tertiary/aromatic N) is 2. The molecule has 0 saturated heterocycles. The molecule has 9 nitrogen and oxygen atoms in total. The summed E-state index contributed by atoms with van der Waals surface area (Å²) in [5.41, 5.74) is 2.88. The van der Waals surface area contributed by atoms with E-state index in [2.05, 4.69) is 0 Å². The van der Waals surface area contributed by atoms with E-state index in [1.165, 1.54) is 22.7 Å². The van der Waals surface area contributed by atoms with Crippen LogP contribution in [0.5, 0.6) is 5.75 Å². The number of hydrogen-bond donors (Lipinski definition) is 3. The molecular weight excluding hydrogens is 442 g/mol. The Morgan fingerprint density at radius 2 is 1.84 bits per heavy atom. The molecule has 31 heavy (non-hydrogen) atoms. The van der Waals surface area contributed by atoms with Gasteiger partial charge in [-0.15, -0.1) is 0 Å². The predicted molar refractivity (Wildman–Crippen MR) is 116 cm³/mol. The highest BCUT2D eigenvalue weighted by atomic mass is 32.2. The van der Waals surface area contributed by atoms with Gasteiger partial charge in [0.1, 0.15) is 11.4 Å². The van der Waals surface area contributed by atoms with Crippen LogP contribution >= 0.6 is 0 Å². The van der Waals surface area contributed by atoms with Crippen molar-refractivity contribution in [2.75, 3.05) is 10.6 Å². The van der Waals surface area contributed by atoms with Gasteiger partial charge in [-0.2, -0.15) is 12.7 Å². The zero-order chi connectivity index (χ0) is 22.4. The van der Waals surface area contributed by atoms with Crippen LogP contribution < -0.4 is 9.03 Å². The summed E-state index contributed by atoms with van der Waals surface area (Å²) in [7, 11) is -7.39. The average Bonchev–Trinajstić information content (AvgIpc) is 2.96. The molecule has 0 bridgehead atoms. The largest absolute Gasteiger partial charge is 0.506 e. The van der Waals surface area contributed by atoms with Crippen molar-refractivity contribution >= 4 is 25.9 Å². The van der Waals surface area contributed by atoms with Crippen molar-refractivity contribution in [2.24, 2.45) is 0 Å². The van der Waals surface area contributed by atoms with Crippen molar-refractivity contribution in [3.63, 3.8) is 0 Å². The lowest BCUT2D eigenvalue weighted by molar-refractivity contribution is 0.280. The Kier molecular flexibility index (Phi) is 5.36. The Morgan fingerprint density at radius 1 is 1.13 bits per heavy atom. The number of aliphatic hydroxyl groups is 1. The predicted octanol–water partition coefficient (Wildman–Crippen LogP) is 1.72.